The second-order valence-electron chi connectivity index (χ2n) is 3.83. The van der Waals surface area contributed by atoms with E-state index in [0.29, 0.717) is 12.0 Å². The molecule has 0 aliphatic rings. The van der Waals surface area contributed by atoms with Crippen LogP contribution in [0.25, 0.3) is 0 Å². The zero-order valence-corrected chi connectivity index (χ0v) is 12.7. The molecule has 0 aromatic carbocycles. The van der Waals surface area contributed by atoms with Crippen LogP contribution in [0, 0.1) is 2.88 Å². The minimum Gasteiger partial charge on any atom is -0.330 e. The third kappa shape index (κ3) is 5.13. The van der Waals surface area contributed by atoms with Crippen LogP contribution >= 0.6 is 33.9 Å². The van der Waals surface area contributed by atoms with Crippen molar-refractivity contribution in [2.45, 2.75) is 25.9 Å². The average Bonchev–Trinajstić information content (AvgIpc) is 2.68. The molecule has 1 heterocycles. The molecule has 0 spiro atoms. The highest BCUT2D eigenvalue weighted by molar-refractivity contribution is 14.1. The number of rotatable bonds is 5. The molecule has 0 unspecified atom stereocenters. The SMILES string of the molecule is CCCCN(CC(F)(F)F)C(=O)c1csc(I)c1. The van der Waals surface area contributed by atoms with Crippen LogP contribution in [-0.2, 0) is 0 Å². The summed E-state index contributed by atoms with van der Waals surface area (Å²) in [5.41, 5.74) is 0.338. The van der Waals surface area contributed by atoms with Crippen molar-refractivity contribution in [3.05, 3.63) is 19.9 Å². The summed E-state index contributed by atoms with van der Waals surface area (Å²) in [5.74, 6) is -0.542. The van der Waals surface area contributed by atoms with Crippen molar-refractivity contribution in [1.82, 2.24) is 4.90 Å². The van der Waals surface area contributed by atoms with Gasteiger partial charge in [-0.1, -0.05) is 13.3 Å². The van der Waals surface area contributed by atoms with Gasteiger partial charge in [0.2, 0.25) is 0 Å². The van der Waals surface area contributed by atoms with E-state index in [2.05, 4.69) is 0 Å². The van der Waals surface area contributed by atoms with Gasteiger partial charge in [-0.05, 0) is 35.1 Å². The normalized spacial score (nSPS) is 11.6. The fraction of sp³-hybridized carbons (Fsp3) is 0.545. The van der Waals surface area contributed by atoms with Gasteiger partial charge in [-0.2, -0.15) is 13.2 Å². The lowest BCUT2D eigenvalue weighted by atomic mass is 10.2. The van der Waals surface area contributed by atoms with Gasteiger partial charge in [0, 0.05) is 11.9 Å². The van der Waals surface area contributed by atoms with Gasteiger partial charge in [-0.15, -0.1) is 11.3 Å². The summed E-state index contributed by atoms with van der Waals surface area (Å²) in [5, 5.41) is 1.60. The molecule has 0 fully saturated rings. The first-order chi connectivity index (χ1) is 8.33. The Labute approximate surface area is 121 Å². The molecule has 0 atom stereocenters. The van der Waals surface area contributed by atoms with Crippen LogP contribution in [-0.4, -0.2) is 30.1 Å². The van der Waals surface area contributed by atoms with Gasteiger partial charge in [0.25, 0.3) is 5.91 Å². The van der Waals surface area contributed by atoms with Crippen LogP contribution in [0.15, 0.2) is 11.4 Å². The molecule has 7 heteroatoms. The van der Waals surface area contributed by atoms with E-state index in [1.54, 1.807) is 11.4 Å². The Morgan fingerprint density at radius 2 is 2.17 bits per heavy atom. The molecule has 0 aliphatic carbocycles. The molecule has 1 aromatic heterocycles. The first-order valence-electron chi connectivity index (χ1n) is 5.43. The average molecular weight is 391 g/mol. The van der Waals surface area contributed by atoms with E-state index in [1.165, 1.54) is 11.3 Å². The van der Waals surface area contributed by atoms with Gasteiger partial charge in [0.15, 0.2) is 0 Å². The Hall–Kier alpha value is -0.310. The molecular weight excluding hydrogens is 378 g/mol. The lowest BCUT2D eigenvalue weighted by Crippen LogP contribution is -2.39. The minimum absolute atomic E-state index is 0.140. The number of hydrogen-bond acceptors (Lipinski definition) is 2. The van der Waals surface area contributed by atoms with Crippen molar-refractivity contribution in [3.8, 4) is 0 Å². The summed E-state index contributed by atoms with van der Waals surface area (Å²) in [4.78, 5) is 12.8. The number of carbonyl (C=O) groups excluding carboxylic acids is 1. The van der Waals surface area contributed by atoms with Gasteiger partial charge in [-0.3, -0.25) is 4.79 Å². The van der Waals surface area contributed by atoms with Crippen molar-refractivity contribution in [2.75, 3.05) is 13.1 Å². The van der Waals surface area contributed by atoms with E-state index in [-0.39, 0.29) is 6.54 Å². The van der Waals surface area contributed by atoms with E-state index in [9.17, 15) is 18.0 Å². The standard InChI is InChI=1S/C11H13F3INOS/c1-2-3-4-16(7-11(12,13)14)10(17)8-5-9(15)18-6-8/h5-6H,2-4,7H2,1H3. The quantitative estimate of drug-likeness (QED) is 0.691. The second kappa shape index (κ2) is 6.74. The molecule has 18 heavy (non-hydrogen) atoms. The van der Waals surface area contributed by atoms with E-state index >= 15 is 0 Å². The first-order valence-corrected chi connectivity index (χ1v) is 7.39. The topological polar surface area (TPSA) is 20.3 Å². The third-order valence-electron chi connectivity index (χ3n) is 2.25. The number of unbranched alkanes of at least 4 members (excludes halogenated alkanes) is 1. The summed E-state index contributed by atoms with van der Waals surface area (Å²) in [6, 6.07) is 1.61. The molecule has 0 saturated carbocycles. The molecule has 102 valence electrons. The van der Waals surface area contributed by atoms with Gasteiger partial charge in [-0.25, -0.2) is 0 Å². The van der Waals surface area contributed by atoms with Gasteiger partial charge < -0.3 is 4.90 Å². The number of thiophene rings is 1. The summed E-state index contributed by atoms with van der Waals surface area (Å²) in [7, 11) is 0. The number of halogens is 4. The largest absolute Gasteiger partial charge is 0.406 e. The summed E-state index contributed by atoms with van der Waals surface area (Å²) in [6.07, 6.45) is -3.03. The fourth-order valence-electron chi connectivity index (χ4n) is 1.42. The van der Waals surface area contributed by atoms with Crippen LogP contribution in [0.3, 0.4) is 0 Å². The highest BCUT2D eigenvalue weighted by Gasteiger charge is 2.33. The number of hydrogen-bond donors (Lipinski definition) is 0. The summed E-state index contributed by atoms with van der Waals surface area (Å²) >= 11 is 3.39. The fourth-order valence-corrected chi connectivity index (χ4v) is 2.74. The molecule has 1 aromatic rings. The monoisotopic (exact) mass is 391 g/mol. The predicted molar refractivity (Wildman–Crippen MR) is 73.9 cm³/mol. The maximum absolute atomic E-state index is 12.4. The predicted octanol–water partition coefficient (Wildman–Crippen LogP) is 4.16. The van der Waals surface area contributed by atoms with Crippen molar-refractivity contribution in [2.24, 2.45) is 0 Å². The van der Waals surface area contributed by atoms with E-state index < -0.39 is 18.6 Å². The highest BCUT2D eigenvalue weighted by atomic mass is 127. The summed E-state index contributed by atoms with van der Waals surface area (Å²) in [6.45, 7) is 0.837. The second-order valence-corrected chi connectivity index (χ2v) is 6.64. The molecule has 0 radical (unpaired) electrons. The highest BCUT2D eigenvalue weighted by Crippen LogP contribution is 2.21. The van der Waals surface area contributed by atoms with Gasteiger partial charge >= 0.3 is 6.18 Å². The Balaban J connectivity index is 2.78. The lowest BCUT2D eigenvalue weighted by Gasteiger charge is -2.23. The maximum atomic E-state index is 12.4. The van der Waals surface area contributed by atoms with Crippen LogP contribution in [0.2, 0.25) is 0 Å². The zero-order chi connectivity index (χ0) is 13.8. The van der Waals surface area contributed by atoms with Crippen LogP contribution in [0.4, 0.5) is 13.2 Å². The maximum Gasteiger partial charge on any atom is 0.406 e. The van der Waals surface area contributed by atoms with Crippen LogP contribution in [0.1, 0.15) is 30.1 Å². The number of nitrogens with zero attached hydrogens (tertiary/aromatic N) is 1. The van der Waals surface area contributed by atoms with Crippen molar-refractivity contribution >= 4 is 39.8 Å². The van der Waals surface area contributed by atoms with Crippen molar-refractivity contribution in [3.63, 3.8) is 0 Å². The molecule has 2 nitrogen and oxygen atoms in total. The molecule has 0 aliphatic heterocycles. The van der Waals surface area contributed by atoms with Crippen molar-refractivity contribution in [1.29, 1.82) is 0 Å². The molecule has 0 saturated heterocycles. The van der Waals surface area contributed by atoms with E-state index in [1.807, 2.05) is 29.5 Å². The van der Waals surface area contributed by atoms with Crippen molar-refractivity contribution < 1.29 is 18.0 Å². The lowest BCUT2D eigenvalue weighted by molar-refractivity contribution is -0.140. The Morgan fingerprint density at radius 1 is 1.50 bits per heavy atom. The van der Waals surface area contributed by atoms with E-state index in [0.717, 1.165) is 14.2 Å². The molecule has 0 bridgehead atoms. The molecule has 1 rings (SSSR count). The number of carbonyl (C=O) groups is 1. The minimum atomic E-state index is -4.35. The molecular formula is C11H13F3INOS. The third-order valence-corrected chi connectivity index (χ3v) is 4.04. The Morgan fingerprint density at radius 3 is 2.61 bits per heavy atom. The Kier molecular flexibility index (Phi) is 5.90. The number of amides is 1. The molecule has 1 amide bonds. The van der Waals surface area contributed by atoms with Crippen LogP contribution < -0.4 is 0 Å². The van der Waals surface area contributed by atoms with Gasteiger partial charge in [0.05, 0.1) is 8.45 Å². The zero-order valence-electron chi connectivity index (χ0n) is 9.76. The summed E-state index contributed by atoms with van der Waals surface area (Å²) < 4.78 is 38.2. The van der Waals surface area contributed by atoms with Gasteiger partial charge in [0.1, 0.15) is 6.54 Å². The molecule has 0 N–H and O–H groups in total. The smallest absolute Gasteiger partial charge is 0.330 e. The first kappa shape index (κ1) is 15.7. The van der Waals surface area contributed by atoms with E-state index in [4.69, 9.17) is 0 Å². The number of alkyl halides is 3. The Bertz CT molecular complexity index is 405. The van der Waals surface area contributed by atoms with Crippen LogP contribution in [0.5, 0.6) is 0 Å².